The third-order valence-electron chi connectivity index (χ3n) is 10.0. The van der Waals surface area contributed by atoms with Gasteiger partial charge in [0, 0.05) is 31.1 Å². The molecule has 4 aromatic rings. The standard InChI is InChI=1S/C37H38F3N3O3S/c38-37(39,40)27-15-8-14-26(19-27)32-30(20-25-13-7-12-24-11-3-6-18-29(24)25)33(41-28-16-4-5-17-28)34(44)43-31(36(45)46)22-42(47-35(32)43)21-23-9-1-2-10-23/h3,6-8,11-15,18-19,23,28,31,41H,1-2,4-5,9-10,16-17,20-22H2,(H,45,46). The Morgan fingerprint density at radius 1 is 0.936 bits per heavy atom. The summed E-state index contributed by atoms with van der Waals surface area (Å²) >= 11 is 1.32. The first-order chi connectivity index (χ1) is 22.7. The SMILES string of the molecule is O=C(O)C1CN(CC2CCCC2)Sc2c(-c3cccc(C(F)(F)F)c3)c(Cc3cccc4ccccc34)c(NC3CCCC3)c(=O)n21. The van der Waals surface area contributed by atoms with Gasteiger partial charge < -0.3 is 10.4 Å². The Kier molecular flexibility index (Phi) is 8.82. The zero-order chi connectivity index (χ0) is 32.7. The van der Waals surface area contributed by atoms with E-state index in [1.54, 1.807) is 6.07 Å². The Hall–Kier alpha value is -3.76. The molecule has 1 aromatic heterocycles. The largest absolute Gasteiger partial charge is 0.480 e. The van der Waals surface area contributed by atoms with Crippen molar-refractivity contribution in [2.45, 2.75) is 81.1 Å². The molecule has 1 atom stereocenters. The first kappa shape index (κ1) is 31.8. The molecule has 2 N–H and O–H groups in total. The molecule has 0 amide bonds. The maximum absolute atomic E-state index is 14.7. The van der Waals surface area contributed by atoms with Crippen molar-refractivity contribution in [1.29, 1.82) is 0 Å². The summed E-state index contributed by atoms with van der Waals surface area (Å²) in [5, 5.41) is 16.4. The highest BCUT2D eigenvalue weighted by Gasteiger charge is 2.39. The predicted molar refractivity (Wildman–Crippen MR) is 180 cm³/mol. The number of pyridine rings is 1. The van der Waals surface area contributed by atoms with E-state index in [0.29, 0.717) is 34.2 Å². The van der Waals surface area contributed by atoms with Gasteiger partial charge in [0.1, 0.15) is 16.8 Å². The number of aliphatic carboxylic acids is 1. The molecule has 0 bridgehead atoms. The van der Waals surface area contributed by atoms with E-state index in [1.165, 1.54) is 22.6 Å². The number of carboxylic acid groups (broad SMARTS) is 1. The van der Waals surface area contributed by atoms with Crippen molar-refractivity contribution < 1.29 is 23.1 Å². The highest BCUT2D eigenvalue weighted by molar-refractivity contribution is 7.97. The molecule has 7 rings (SSSR count). The molecule has 0 saturated heterocycles. The van der Waals surface area contributed by atoms with Gasteiger partial charge in [0.25, 0.3) is 5.56 Å². The van der Waals surface area contributed by atoms with Crippen LogP contribution in [0.5, 0.6) is 0 Å². The van der Waals surface area contributed by atoms with Crippen LogP contribution in [0.25, 0.3) is 21.9 Å². The van der Waals surface area contributed by atoms with Crippen LogP contribution in [0.1, 0.15) is 74.1 Å². The molecular formula is C37H38F3N3O3S. The predicted octanol–water partition coefficient (Wildman–Crippen LogP) is 8.77. The molecule has 3 aromatic carbocycles. The van der Waals surface area contributed by atoms with Gasteiger partial charge in [0.15, 0.2) is 0 Å². The number of fused-ring (bicyclic) bond motifs is 2. The topological polar surface area (TPSA) is 74.6 Å². The number of nitrogens with one attached hydrogen (secondary N) is 1. The van der Waals surface area contributed by atoms with Crippen LogP contribution in [0.2, 0.25) is 0 Å². The second kappa shape index (κ2) is 13.0. The number of alkyl halides is 3. The van der Waals surface area contributed by atoms with Crippen molar-refractivity contribution in [3.8, 4) is 11.1 Å². The van der Waals surface area contributed by atoms with Crippen molar-refractivity contribution in [2.24, 2.45) is 5.92 Å². The van der Waals surface area contributed by atoms with Gasteiger partial charge in [-0.05, 0) is 83.1 Å². The number of halogens is 3. The van der Waals surface area contributed by atoms with Crippen LogP contribution >= 0.6 is 11.9 Å². The van der Waals surface area contributed by atoms with Crippen LogP contribution in [0.3, 0.4) is 0 Å². The van der Waals surface area contributed by atoms with Gasteiger partial charge in [-0.2, -0.15) is 13.2 Å². The van der Waals surface area contributed by atoms with Gasteiger partial charge in [0.2, 0.25) is 0 Å². The highest BCUT2D eigenvalue weighted by Crippen LogP contribution is 2.45. The van der Waals surface area contributed by atoms with Crippen LogP contribution in [-0.4, -0.2) is 39.1 Å². The van der Waals surface area contributed by atoms with E-state index in [9.17, 15) is 27.9 Å². The van der Waals surface area contributed by atoms with E-state index >= 15 is 0 Å². The monoisotopic (exact) mass is 661 g/mol. The van der Waals surface area contributed by atoms with Crippen molar-refractivity contribution in [1.82, 2.24) is 8.87 Å². The van der Waals surface area contributed by atoms with E-state index in [4.69, 9.17) is 0 Å². The van der Waals surface area contributed by atoms with Crippen LogP contribution in [0.4, 0.5) is 18.9 Å². The van der Waals surface area contributed by atoms with Gasteiger partial charge in [-0.1, -0.05) is 80.3 Å². The van der Waals surface area contributed by atoms with Crippen molar-refractivity contribution in [3.05, 3.63) is 93.8 Å². The molecular weight excluding hydrogens is 623 g/mol. The maximum Gasteiger partial charge on any atom is 0.416 e. The number of carbonyl (C=O) groups is 1. The minimum Gasteiger partial charge on any atom is -0.480 e. The summed E-state index contributed by atoms with van der Waals surface area (Å²) in [6, 6.07) is 18.0. The van der Waals surface area contributed by atoms with Gasteiger partial charge in [0.05, 0.1) is 5.56 Å². The summed E-state index contributed by atoms with van der Waals surface area (Å²) < 4.78 is 45.8. The van der Waals surface area contributed by atoms with Crippen molar-refractivity contribution >= 4 is 34.4 Å². The number of hydrogen-bond acceptors (Lipinski definition) is 5. The number of carboxylic acids is 1. The van der Waals surface area contributed by atoms with Crippen LogP contribution in [0, 0.1) is 5.92 Å². The average molecular weight is 662 g/mol. The smallest absolute Gasteiger partial charge is 0.416 e. The van der Waals surface area contributed by atoms with E-state index in [0.717, 1.165) is 79.8 Å². The van der Waals surface area contributed by atoms with Crippen LogP contribution in [-0.2, 0) is 17.4 Å². The Labute approximate surface area is 276 Å². The number of benzene rings is 3. The fourth-order valence-corrected chi connectivity index (χ4v) is 9.07. The van der Waals surface area contributed by atoms with Gasteiger partial charge in [-0.15, -0.1) is 0 Å². The first-order valence-electron chi connectivity index (χ1n) is 16.6. The lowest BCUT2D eigenvalue weighted by Crippen LogP contribution is -2.44. The molecule has 0 radical (unpaired) electrons. The average Bonchev–Trinajstić information content (AvgIpc) is 3.77. The number of aromatic nitrogens is 1. The summed E-state index contributed by atoms with van der Waals surface area (Å²) in [6.45, 7) is 0.794. The molecule has 0 spiro atoms. The van der Waals surface area contributed by atoms with Crippen LogP contribution < -0.4 is 10.9 Å². The fraction of sp³-hybridized carbons (Fsp3) is 0.405. The summed E-state index contributed by atoms with van der Waals surface area (Å²) in [4.78, 5) is 27.6. The molecule has 6 nitrogen and oxygen atoms in total. The number of rotatable bonds is 8. The first-order valence-corrected chi connectivity index (χ1v) is 17.3. The Morgan fingerprint density at radius 2 is 1.64 bits per heavy atom. The second-order valence-corrected chi connectivity index (χ2v) is 14.3. The highest BCUT2D eigenvalue weighted by atomic mass is 32.2. The third-order valence-corrected chi connectivity index (χ3v) is 11.2. The maximum atomic E-state index is 14.7. The van der Waals surface area contributed by atoms with Crippen molar-refractivity contribution in [3.63, 3.8) is 0 Å². The minimum atomic E-state index is -4.58. The lowest BCUT2D eigenvalue weighted by atomic mass is 9.91. The summed E-state index contributed by atoms with van der Waals surface area (Å²) in [5.74, 6) is -0.723. The van der Waals surface area contributed by atoms with E-state index in [2.05, 4.69) is 5.32 Å². The number of anilines is 1. The Morgan fingerprint density at radius 3 is 2.38 bits per heavy atom. The molecule has 10 heteroatoms. The zero-order valence-electron chi connectivity index (χ0n) is 26.1. The van der Waals surface area contributed by atoms with Gasteiger partial charge in [-0.3, -0.25) is 9.36 Å². The van der Waals surface area contributed by atoms with Gasteiger partial charge in [-0.25, -0.2) is 9.10 Å². The third kappa shape index (κ3) is 6.42. The molecule has 1 aliphatic heterocycles. The normalized spacial score (nSPS) is 19.3. The molecule has 246 valence electrons. The van der Waals surface area contributed by atoms with E-state index < -0.39 is 29.3 Å². The Bertz CT molecular complexity index is 1860. The van der Waals surface area contributed by atoms with Crippen LogP contribution in [0.15, 0.2) is 76.6 Å². The molecule has 1 unspecified atom stereocenters. The number of hydrogen-bond donors (Lipinski definition) is 2. The second-order valence-electron chi connectivity index (χ2n) is 13.2. The summed E-state index contributed by atoms with van der Waals surface area (Å²) in [5.41, 5.74) is 1.40. The number of nitrogens with zero attached hydrogens (tertiary/aromatic N) is 2. The quantitative estimate of drug-likeness (QED) is 0.184. The van der Waals surface area contributed by atoms with Gasteiger partial charge >= 0.3 is 12.1 Å². The molecule has 2 aliphatic carbocycles. The lowest BCUT2D eigenvalue weighted by Gasteiger charge is -2.37. The molecule has 3 aliphatic rings. The molecule has 2 saturated carbocycles. The van der Waals surface area contributed by atoms with E-state index in [-0.39, 0.29) is 24.7 Å². The lowest BCUT2D eigenvalue weighted by molar-refractivity contribution is -0.141. The fourth-order valence-electron chi connectivity index (χ4n) is 7.69. The Balaban J connectivity index is 1.50. The molecule has 47 heavy (non-hydrogen) atoms. The minimum absolute atomic E-state index is 0.0142. The van der Waals surface area contributed by atoms with Crippen molar-refractivity contribution in [2.75, 3.05) is 18.4 Å². The zero-order valence-corrected chi connectivity index (χ0v) is 26.9. The molecule has 2 fully saturated rings. The molecule has 2 heterocycles. The summed E-state index contributed by atoms with van der Waals surface area (Å²) in [6.07, 6.45) is 3.81. The summed E-state index contributed by atoms with van der Waals surface area (Å²) in [7, 11) is 0. The van der Waals surface area contributed by atoms with E-state index in [1.807, 2.05) is 46.8 Å².